The molecule has 0 N–H and O–H groups in total. The molecule has 1 saturated heterocycles. The SMILES string of the molecule is O=Cc1cccc(C#CCCCCN2CCOCC2)c1. The first-order valence-electron chi connectivity index (χ1n) is 7.23. The first-order valence-corrected chi connectivity index (χ1v) is 7.23. The van der Waals surface area contributed by atoms with Gasteiger partial charge in [0.25, 0.3) is 0 Å². The maximum Gasteiger partial charge on any atom is 0.150 e. The van der Waals surface area contributed by atoms with Gasteiger partial charge in [-0.25, -0.2) is 0 Å². The number of aldehydes is 1. The van der Waals surface area contributed by atoms with Gasteiger partial charge in [0, 0.05) is 30.6 Å². The Hall–Kier alpha value is -1.63. The summed E-state index contributed by atoms with van der Waals surface area (Å²) >= 11 is 0. The van der Waals surface area contributed by atoms with Gasteiger partial charge < -0.3 is 4.74 Å². The third-order valence-electron chi connectivity index (χ3n) is 3.39. The number of morpholine rings is 1. The van der Waals surface area contributed by atoms with E-state index in [0.717, 1.165) is 57.5 Å². The van der Waals surface area contributed by atoms with Gasteiger partial charge in [-0.15, -0.1) is 0 Å². The van der Waals surface area contributed by atoms with Crippen molar-refractivity contribution < 1.29 is 9.53 Å². The van der Waals surface area contributed by atoms with Crippen LogP contribution >= 0.6 is 0 Å². The highest BCUT2D eigenvalue weighted by atomic mass is 16.5. The predicted molar refractivity (Wildman–Crippen MR) is 79.8 cm³/mol. The highest BCUT2D eigenvalue weighted by Gasteiger charge is 2.08. The number of carbonyl (C=O) groups is 1. The zero-order chi connectivity index (χ0) is 14.0. The smallest absolute Gasteiger partial charge is 0.150 e. The van der Waals surface area contributed by atoms with Gasteiger partial charge in [-0.1, -0.05) is 24.0 Å². The van der Waals surface area contributed by atoms with E-state index in [1.807, 2.05) is 18.2 Å². The van der Waals surface area contributed by atoms with Crippen molar-refractivity contribution in [3.63, 3.8) is 0 Å². The van der Waals surface area contributed by atoms with Crippen molar-refractivity contribution in [2.24, 2.45) is 0 Å². The second-order valence-electron chi connectivity index (χ2n) is 4.96. The van der Waals surface area contributed by atoms with Crippen molar-refractivity contribution >= 4 is 6.29 Å². The summed E-state index contributed by atoms with van der Waals surface area (Å²) in [7, 11) is 0. The monoisotopic (exact) mass is 271 g/mol. The Bertz CT molecular complexity index is 481. The number of ether oxygens (including phenoxy) is 1. The van der Waals surface area contributed by atoms with Crippen LogP contribution in [0.25, 0.3) is 0 Å². The van der Waals surface area contributed by atoms with Crippen molar-refractivity contribution in [3.05, 3.63) is 35.4 Å². The number of benzene rings is 1. The number of hydrogen-bond donors (Lipinski definition) is 0. The fourth-order valence-corrected chi connectivity index (χ4v) is 2.23. The molecule has 1 aromatic rings. The van der Waals surface area contributed by atoms with Crippen molar-refractivity contribution in [2.45, 2.75) is 19.3 Å². The Morgan fingerprint density at radius 1 is 1.25 bits per heavy atom. The zero-order valence-electron chi connectivity index (χ0n) is 11.8. The molecule has 0 bridgehead atoms. The highest BCUT2D eigenvalue weighted by molar-refractivity contribution is 5.75. The van der Waals surface area contributed by atoms with Gasteiger partial charge in [0.1, 0.15) is 6.29 Å². The summed E-state index contributed by atoms with van der Waals surface area (Å²) in [4.78, 5) is 13.1. The molecule has 20 heavy (non-hydrogen) atoms. The second-order valence-corrected chi connectivity index (χ2v) is 4.96. The van der Waals surface area contributed by atoms with Crippen LogP contribution in [0.3, 0.4) is 0 Å². The molecule has 1 aliphatic rings. The Morgan fingerprint density at radius 3 is 2.90 bits per heavy atom. The van der Waals surface area contributed by atoms with Crippen LogP contribution in [-0.4, -0.2) is 44.0 Å². The molecule has 1 aliphatic heterocycles. The van der Waals surface area contributed by atoms with Crippen molar-refractivity contribution in [3.8, 4) is 11.8 Å². The summed E-state index contributed by atoms with van der Waals surface area (Å²) in [6, 6.07) is 7.42. The van der Waals surface area contributed by atoms with Crippen LogP contribution in [-0.2, 0) is 4.74 Å². The lowest BCUT2D eigenvalue weighted by atomic mass is 10.1. The molecule has 0 spiro atoms. The van der Waals surface area contributed by atoms with Crippen LogP contribution in [0.4, 0.5) is 0 Å². The lowest BCUT2D eigenvalue weighted by molar-refractivity contribution is 0.0372. The Labute approximate surface area is 120 Å². The Balaban J connectivity index is 1.65. The molecule has 2 rings (SSSR count). The number of rotatable bonds is 5. The molecular weight excluding hydrogens is 250 g/mol. The Morgan fingerprint density at radius 2 is 2.10 bits per heavy atom. The molecule has 3 nitrogen and oxygen atoms in total. The zero-order valence-corrected chi connectivity index (χ0v) is 11.8. The molecular formula is C17H21NO2. The van der Waals surface area contributed by atoms with E-state index in [0.29, 0.717) is 5.56 Å². The van der Waals surface area contributed by atoms with E-state index < -0.39 is 0 Å². The van der Waals surface area contributed by atoms with Crippen LogP contribution in [0.1, 0.15) is 35.2 Å². The number of unbranched alkanes of at least 4 members (excludes halogenated alkanes) is 2. The van der Waals surface area contributed by atoms with Gasteiger partial charge in [-0.05, 0) is 31.5 Å². The average Bonchev–Trinajstić information content (AvgIpc) is 2.52. The van der Waals surface area contributed by atoms with E-state index in [2.05, 4.69) is 16.7 Å². The molecule has 0 amide bonds. The number of hydrogen-bond acceptors (Lipinski definition) is 3. The first kappa shape index (κ1) is 14.8. The van der Waals surface area contributed by atoms with Gasteiger partial charge in [0.05, 0.1) is 13.2 Å². The third-order valence-corrected chi connectivity index (χ3v) is 3.39. The van der Waals surface area contributed by atoms with Crippen molar-refractivity contribution in [1.29, 1.82) is 0 Å². The molecule has 0 atom stereocenters. The molecule has 0 unspecified atom stereocenters. The van der Waals surface area contributed by atoms with E-state index in [1.54, 1.807) is 6.07 Å². The lowest BCUT2D eigenvalue weighted by Gasteiger charge is -2.26. The fraction of sp³-hybridized carbons (Fsp3) is 0.471. The first-order chi connectivity index (χ1) is 9.88. The van der Waals surface area contributed by atoms with Crippen LogP contribution in [0.5, 0.6) is 0 Å². The number of nitrogens with zero attached hydrogens (tertiary/aromatic N) is 1. The van der Waals surface area contributed by atoms with Crippen LogP contribution in [0.2, 0.25) is 0 Å². The summed E-state index contributed by atoms with van der Waals surface area (Å²) in [5.41, 5.74) is 1.60. The third kappa shape index (κ3) is 5.16. The summed E-state index contributed by atoms with van der Waals surface area (Å²) in [6.07, 6.45) is 4.07. The molecule has 0 radical (unpaired) electrons. The van der Waals surface area contributed by atoms with E-state index in [9.17, 15) is 4.79 Å². The van der Waals surface area contributed by atoms with Crippen LogP contribution in [0, 0.1) is 11.8 Å². The van der Waals surface area contributed by atoms with Crippen molar-refractivity contribution in [1.82, 2.24) is 4.90 Å². The van der Waals surface area contributed by atoms with Gasteiger partial charge in [0.15, 0.2) is 0 Å². The lowest BCUT2D eigenvalue weighted by Crippen LogP contribution is -2.36. The quantitative estimate of drug-likeness (QED) is 0.468. The molecule has 1 fully saturated rings. The minimum atomic E-state index is 0.684. The summed E-state index contributed by atoms with van der Waals surface area (Å²) < 4.78 is 5.32. The second kappa shape index (κ2) is 8.52. The minimum Gasteiger partial charge on any atom is -0.379 e. The van der Waals surface area contributed by atoms with Gasteiger partial charge in [-0.3, -0.25) is 9.69 Å². The maximum atomic E-state index is 10.7. The van der Waals surface area contributed by atoms with Crippen LogP contribution < -0.4 is 0 Å². The highest BCUT2D eigenvalue weighted by Crippen LogP contribution is 2.03. The van der Waals surface area contributed by atoms with Gasteiger partial charge in [-0.2, -0.15) is 0 Å². The van der Waals surface area contributed by atoms with E-state index >= 15 is 0 Å². The molecule has 0 aliphatic carbocycles. The molecule has 3 heteroatoms. The molecule has 0 saturated carbocycles. The van der Waals surface area contributed by atoms with E-state index in [-0.39, 0.29) is 0 Å². The molecule has 1 heterocycles. The summed E-state index contributed by atoms with van der Waals surface area (Å²) in [5.74, 6) is 6.30. The molecule has 1 aromatic carbocycles. The normalized spacial score (nSPS) is 15.4. The number of carbonyl (C=O) groups excluding carboxylic acids is 1. The van der Waals surface area contributed by atoms with E-state index in [4.69, 9.17) is 4.74 Å². The van der Waals surface area contributed by atoms with Crippen molar-refractivity contribution in [2.75, 3.05) is 32.8 Å². The predicted octanol–water partition coefficient (Wildman–Crippen LogP) is 2.35. The van der Waals surface area contributed by atoms with Gasteiger partial charge >= 0.3 is 0 Å². The average molecular weight is 271 g/mol. The van der Waals surface area contributed by atoms with Gasteiger partial charge in [0.2, 0.25) is 0 Å². The summed E-state index contributed by atoms with van der Waals surface area (Å²) in [6.45, 7) is 5.00. The standard InChI is InChI=1S/C17H21NO2/c19-15-17-8-5-7-16(14-17)6-3-1-2-4-9-18-10-12-20-13-11-18/h5,7-8,14-15H,1-2,4,9-13H2. The largest absolute Gasteiger partial charge is 0.379 e. The molecule has 106 valence electrons. The molecule has 0 aromatic heterocycles. The maximum absolute atomic E-state index is 10.7. The topological polar surface area (TPSA) is 29.5 Å². The van der Waals surface area contributed by atoms with E-state index in [1.165, 1.54) is 6.42 Å². The fourth-order valence-electron chi connectivity index (χ4n) is 2.23. The minimum absolute atomic E-state index is 0.684. The summed E-state index contributed by atoms with van der Waals surface area (Å²) in [5, 5.41) is 0. The van der Waals surface area contributed by atoms with Crippen LogP contribution in [0.15, 0.2) is 24.3 Å². The Kier molecular flexibility index (Phi) is 6.30.